The van der Waals surface area contributed by atoms with Crippen LogP contribution in [0.3, 0.4) is 0 Å². The first-order valence-corrected chi connectivity index (χ1v) is 8.60. The fourth-order valence-corrected chi connectivity index (χ4v) is 3.72. The van der Waals surface area contributed by atoms with Gasteiger partial charge < -0.3 is 10.1 Å². The molecule has 1 saturated carbocycles. The van der Waals surface area contributed by atoms with E-state index < -0.39 is 0 Å². The van der Waals surface area contributed by atoms with Crippen molar-refractivity contribution in [1.29, 1.82) is 0 Å². The smallest absolute Gasteiger partial charge is 0.0593 e. The number of nitrogens with zero attached hydrogens (tertiary/aromatic N) is 1. The van der Waals surface area contributed by atoms with Gasteiger partial charge in [-0.2, -0.15) is 0 Å². The van der Waals surface area contributed by atoms with Crippen LogP contribution in [0.5, 0.6) is 0 Å². The Labute approximate surface area is 125 Å². The molecule has 3 heteroatoms. The van der Waals surface area contributed by atoms with Gasteiger partial charge in [-0.05, 0) is 24.7 Å². The van der Waals surface area contributed by atoms with E-state index in [1.807, 2.05) is 0 Å². The molecule has 118 valence electrons. The highest BCUT2D eigenvalue weighted by Gasteiger charge is 2.43. The molecule has 0 aromatic carbocycles. The molecule has 2 aliphatic rings. The third kappa shape index (κ3) is 3.96. The van der Waals surface area contributed by atoms with Gasteiger partial charge in [-0.25, -0.2) is 0 Å². The van der Waals surface area contributed by atoms with Crippen LogP contribution in [0.2, 0.25) is 0 Å². The lowest BCUT2D eigenvalue weighted by atomic mass is 9.88. The van der Waals surface area contributed by atoms with E-state index in [2.05, 4.69) is 37.9 Å². The van der Waals surface area contributed by atoms with Crippen LogP contribution >= 0.6 is 0 Å². The largest absolute Gasteiger partial charge is 0.380 e. The van der Waals surface area contributed by atoms with Crippen molar-refractivity contribution in [1.82, 2.24) is 10.2 Å². The summed E-state index contributed by atoms with van der Waals surface area (Å²) in [7, 11) is 0. The Kier molecular flexibility index (Phi) is 5.88. The summed E-state index contributed by atoms with van der Waals surface area (Å²) in [4.78, 5) is 2.75. The normalized spacial score (nSPS) is 27.0. The zero-order valence-corrected chi connectivity index (χ0v) is 14.0. The van der Waals surface area contributed by atoms with Gasteiger partial charge in [0, 0.05) is 37.8 Å². The SMILES string of the molecule is CC(C)COCCN1CC(C(C)C)NCC12CCCC2. The second-order valence-corrected chi connectivity index (χ2v) is 7.58. The van der Waals surface area contributed by atoms with Crippen molar-refractivity contribution in [2.24, 2.45) is 11.8 Å². The van der Waals surface area contributed by atoms with Crippen LogP contribution in [0, 0.1) is 11.8 Å². The number of nitrogens with one attached hydrogen (secondary N) is 1. The maximum atomic E-state index is 5.83. The maximum absolute atomic E-state index is 5.83. The van der Waals surface area contributed by atoms with Crippen LogP contribution in [0.1, 0.15) is 53.4 Å². The molecule has 1 heterocycles. The van der Waals surface area contributed by atoms with Crippen LogP contribution in [-0.4, -0.2) is 49.3 Å². The minimum atomic E-state index is 0.437. The van der Waals surface area contributed by atoms with E-state index >= 15 is 0 Å². The number of hydrogen-bond acceptors (Lipinski definition) is 3. The molecule has 0 aromatic heterocycles. The van der Waals surface area contributed by atoms with Crippen LogP contribution in [0.15, 0.2) is 0 Å². The van der Waals surface area contributed by atoms with Crippen molar-refractivity contribution in [2.75, 3.05) is 32.8 Å². The van der Waals surface area contributed by atoms with E-state index in [4.69, 9.17) is 4.74 Å². The number of ether oxygens (including phenoxy) is 1. The predicted molar refractivity (Wildman–Crippen MR) is 85.1 cm³/mol. The monoisotopic (exact) mass is 282 g/mol. The Morgan fingerprint density at radius 2 is 1.90 bits per heavy atom. The molecule has 1 aliphatic carbocycles. The van der Waals surface area contributed by atoms with Crippen LogP contribution < -0.4 is 5.32 Å². The first kappa shape index (κ1) is 16.3. The van der Waals surface area contributed by atoms with Gasteiger partial charge >= 0.3 is 0 Å². The molecule has 0 aromatic rings. The Hall–Kier alpha value is -0.120. The Balaban J connectivity index is 1.88. The molecule has 0 bridgehead atoms. The first-order chi connectivity index (χ1) is 9.53. The predicted octanol–water partition coefficient (Wildman–Crippen LogP) is 2.90. The van der Waals surface area contributed by atoms with E-state index in [-0.39, 0.29) is 0 Å². The van der Waals surface area contributed by atoms with Crippen molar-refractivity contribution in [3.8, 4) is 0 Å². The molecular formula is C17H34N2O. The topological polar surface area (TPSA) is 24.5 Å². The lowest BCUT2D eigenvalue weighted by Gasteiger charge is -2.49. The number of rotatable bonds is 6. The number of hydrogen-bond donors (Lipinski definition) is 1. The molecule has 20 heavy (non-hydrogen) atoms. The van der Waals surface area contributed by atoms with Gasteiger partial charge in [-0.3, -0.25) is 4.90 Å². The lowest BCUT2D eigenvalue weighted by Crippen LogP contribution is -2.65. The lowest BCUT2D eigenvalue weighted by molar-refractivity contribution is 0.00232. The Bertz CT molecular complexity index is 285. The molecule has 1 spiro atoms. The van der Waals surface area contributed by atoms with Gasteiger partial charge in [0.1, 0.15) is 0 Å². The van der Waals surface area contributed by atoms with Crippen LogP contribution in [-0.2, 0) is 4.74 Å². The summed E-state index contributed by atoms with van der Waals surface area (Å²) < 4.78 is 5.83. The van der Waals surface area contributed by atoms with E-state index in [0.717, 1.165) is 19.8 Å². The molecule has 0 amide bonds. The van der Waals surface area contributed by atoms with Gasteiger partial charge in [-0.15, -0.1) is 0 Å². The summed E-state index contributed by atoms with van der Waals surface area (Å²) in [5.74, 6) is 1.36. The summed E-state index contributed by atoms with van der Waals surface area (Å²) in [6.07, 6.45) is 5.54. The van der Waals surface area contributed by atoms with Crippen molar-refractivity contribution >= 4 is 0 Å². The van der Waals surface area contributed by atoms with E-state index in [1.165, 1.54) is 38.8 Å². The molecule has 1 atom stereocenters. The van der Waals surface area contributed by atoms with Crippen molar-refractivity contribution in [2.45, 2.75) is 65.0 Å². The van der Waals surface area contributed by atoms with E-state index in [0.29, 0.717) is 23.4 Å². The van der Waals surface area contributed by atoms with E-state index in [1.54, 1.807) is 0 Å². The molecule has 0 radical (unpaired) electrons. The molecule has 1 N–H and O–H groups in total. The van der Waals surface area contributed by atoms with Gasteiger partial charge in [0.15, 0.2) is 0 Å². The fraction of sp³-hybridized carbons (Fsp3) is 1.00. The zero-order valence-electron chi connectivity index (χ0n) is 14.0. The van der Waals surface area contributed by atoms with Crippen molar-refractivity contribution in [3.63, 3.8) is 0 Å². The Morgan fingerprint density at radius 1 is 1.20 bits per heavy atom. The summed E-state index contributed by atoms with van der Waals surface area (Å²) in [6.45, 7) is 14.4. The maximum Gasteiger partial charge on any atom is 0.0593 e. The summed E-state index contributed by atoms with van der Waals surface area (Å²) in [6, 6.07) is 0.645. The van der Waals surface area contributed by atoms with Gasteiger partial charge in [0.25, 0.3) is 0 Å². The van der Waals surface area contributed by atoms with Crippen LogP contribution in [0.4, 0.5) is 0 Å². The van der Waals surface area contributed by atoms with Crippen LogP contribution in [0.25, 0.3) is 0 Å². The third-order valence-electron chi connectivity index (χ3n) is 5.08. The standard InChI is InChI=1S/C17H34N2O/c1-14(2)12-20-10-9-19-11-16(15(3)4)18-13-17(19)7-5-6-8-17/h14-16,18H,5-13H2,1-4H3. The average Bonchev–Trinajstić information content (AvgIpc) is 2.85. The van der Waals surface area contributed by atoms with Crippen molar-refractivity contribution < 1.29 is 4.74 Å². The summed E-state index contributed by atoms with van der Waals surface area (Å²) >= 11 is 0. The highest BCUT2D eigenvalue weighted by Crippen LogP contribution is 2.37. The fourth-order valence-electron chi connectivity index (χ4n) is 3.72. The van der Waals surface area contributed by atoms with Gasteiger partial charge in [0.2, 0.25) is 0 Å². The Morgan fingerprint density at radius 3 is 2.50 bits per heavy atom. The molecule has 1 aliphatic heterocycles. The third-order valence-corrected chi connectivity index (χ3v) is 5.08. The molecule has 3 nitrogen and oxygen atoms in total. The van der Waals surface area contributed by atoms with Crippen molar-refractivity contribution in [3.05, 3.63) is 0 Å². The molecule has 2 rings (SSSR count). The second-order valence-electron chi connectivity index (χ2n) is 7.58. The minimum absolute atomic E-state index is 0.437. The van der Waals surface area contributed by atoms with Gasteiger partial charge in [0.05, 0.1) is 6.61 Å². The second kappa shape index (κ2) is 7.24. The highest BCUT2D eigenvalue weighted by atomic mass is 16.5. The first-order valence-electron chi connectivity index (χ1n) is 8.60. The quantitative estimate of drug-likeness (QED) is 0.758. The molecule has 1 unspecified atom stereocenters. The molecular weight excluding hydrogens is 248 g/mol. The summed E-state index contributed by atoms with van der Waals surface area (Å²) in [5.41, 5.74) is 0.437. The highest BCUT2D eigenvalue weighted by molar-refractivity contribution is 5.02. The molecule has 1 saturated heterocycles. The summed E-state index contributed by atoms with van der Waals surface area (Å²) in [5, 5.41) is 3.81. The zero-order chi connectivity index (χ0) is 14.6. The number of piperazine rings is 1. The molecule has 2 fully saturated rings. The minimum Gasteiger partial charge on any atom is -0.380 e. The van der Waals surface area contributed by atoms with Gasteiger partial charge in [-0.1, -0.05) is 40.5 Å². The average molecular weight is 282 g/mol. The van der Waals surface area contributed by atoms with E-state index in [9.17, 15) is 0 Å².